The molecule has 2 heterocycles. The van der Waals surface area contributed by atoms with Gasteiger partial charge in [0, 0.05) is 31.4 Å². The Hall–Kier alpha value is -1.62. The molecule has 1 saturated carbocycles. The van der Waals surface area contributed by atoms with E-state index in [0.29, 0.717) is 0 Å². The summed E-state index contributed by atoms with van der Waals surface area (Å²) in [6, 6.07) is 2.85. The molecule has 5 heteroatoms. The highest BCUT2D eigenvalue weighted by molar-refractivity contribution is 5.17. The van der Waals surface area contributed by atoms with Crippen molar-refractivity contribution in [2.45, 2.75) is 45.8 Å². The number of hydrogen-bond donors (Lipinski definition) is 1. The molecule has 5 nitrogen and oxygen atoms in total. The first-order valence-corrected chi connectivity index (χ1v) is 6.87. The number of aromatic nitrogens is 4. The van der Waals surface area contributed by atoms with Crippen LogP contribution in [0.4, 0.5) is 0 Å². The lowest BCUT2D eigenvalue weighted by molar-refractivity contribution is 0.614. The van der Waals surface area contributed by atoms with Gasteiger partial charge in [-0.25, -0.2) is 0 Å². The van der Waals surface area contributed by atoms with Crippen molar-refractivity contribution in [3.05, 3.63) is 34.9 Å². The van der Waals surface area contributed by atoms with E-state index in [4.69, 9.17) is 0 Å². The van der Waals surface area contributed by atoms with Crippen LogP contribution in [0.15, 0.2) is 12.3 Å². The van der Waals surface area contributed by atoms with Gasteiger partial charge in [-0.2, -0.15) is 10.2 Å². The smallest absolute Gasteiger partial charge is 0.0828 e. The summed E-state index contributed by atoms with van der Waals surface area (Å²) in [5.41, 5.74) is 4.65. The second-order valence-electron chi connectivity index (χ2n) is 5.49. The van der Waals surface area contributed by atoms with Crippen LogP contribution in [0, 0.1) is 13.8 Å². The molecule has 0 bridgehead atoms. The normalized spacial score (nSPS) is 15.1. The van der Waals surface area contributed by atoms with E-state index < -0.39 is 0 Å². The fourth-order valence-electron chi connectivity index (χ4n) is 2.33. The summed E-state index contributed by atoms with van der Waals surface area (Å²) in [5, 5.41) is 12.5. The first kappa shape index (κ1) is 12.4. The van der Waals surface area contributed by atoms with Crippen LogP contribution in [-0.4, -0.2) is 25.6 Å². The van der Waals surface area contributed by atoms with Crippen LogP contribution in [0.25, 0.3) is 0 Å². The molecule has 1 N–H and O–H groups in total. The van der Waals surface area contributed by atoms with E-state index in [0.717, 1.165) is 30.5 Å². The molecule has 2 aromatic rings. The van der Waals surface area contributed by atoms with E-state index in [9.17, 15) is 0 Å². The first-order chi connectivity index (χ1) is 9.11. The molecule has 0 spiro atoms. The fourth-order valence-corrected chi connectivity index (χ4v) is 2.33. The third-order valence-corrected chi connectivity index (χ3v) is 3.63. The molecular weight excluding hydrogens is 238 g/mol. The molecule has 102 valence electrons. The first-order valence-electron chi connectivity index (χ1n) is 6.87. The summed E-state index contributed by atoms with van der Waals surface area (Å²) in [6.07, 6.45) is 4.79. The highest BCUT2D eigenvalue weighted by Crippen LogP contribution is 2.19. The minimum Gasteiger partial charge on any atom is -0.310 e. The van der Waals surface area contributed by atoms with Gasteiger partial charge >= 0.3 is 0 Å². The standard InChI is InChI=1S/C14H21N5/c1-10-6-14(18(3)16-10)9-19-8-12(11(2)17-19)7-15-13-4-5-13/h6,8,13,15H,4-5,7,9H2,1-3H3. The summed E-state index contributed by atoms with van der Waals surface area (Å²) in [6.45, 7) is 5.81. The zero-order valence-electron chi connectivity index (χ0n) is 11.8. The number of rotatable bonds is 5. The van der Waals surface area contributed by atoms with Crippen molar-refractivity contribution in [2.24, 2.45) is 7.05 Å². The van der Waals surface area contributed by atoms with E-state index in [1.54, 1.807) is 0 Å². The SMILES string of the molecule is Cc1cc(Cn2cc(CNC3CC3)c(C)n2)n(C)n1. The van der Waals surface area contributed by atoms with Crippen LogP contribution >= 0.6 is 0 Å². The topological polar surface area (TPSA) is 47.7 Å². The molecule has 2 aromatic heterocycles. The maximum atomic E-state index is 4.59. The van der Waals surface area contributed by atoms with Gasteiger partial charge in [0.1, 0.15) is 0 Å². The van der Waals surface area contributed by atoms with Crippen molar-refractivity contribution in [2.75, 3.05) is 0 Å². The third kappa shape index (κ3) is 2.87. The molecule has 0 unspecified atom stereocenters. The summed E-state index contributed by atoms with van der Waals surface area (Å²) < 4.78 is 3.93. The van der Waals surface area contributed by atoms with Crippen molar-refractivity contribution in [1.29, 1.82) is 0 Å². The second-order valence-corrected chi connectivity index (χ2v) is 5.49. The van der Waals surface area contributed by atoms with Gasteiger partial charge in [0.25, 0.3) is 0 Å². The van der Waals surface area contributed by atoms with E-state index in [1.165, 1.54) is 24.1 Å². The molecule has 1 fully saturated rings. The van der Waals surface area contributed by atoms with E-state index in [2.05, 4.69) is 34.7 Å². The predicted octanol–water partition coefficient (Wildman–Crippen LogP) is 1.53. The Balaban J connectivity index is 1.70. The average molecular weight is 259 g/mol. The zero-order chi connectivity index (χ0) is 13.4. The maximum absolute atomic E-state index is 4.59. The predicted molar refractivity (Wildman–Crippen MR) is 73.9 cm³/mol. The quantitative estimate of drug-likeness (QED) is 0.886. The zero-order valence-corrected chi connectivity index (χ0v) is 11.8. The monoisotopic (exact) mass is 259 g/mol. The van der Waals surface area contributed by atoms with Crippen molar-refractivity contribution in [3.63, 3.8) is 0 Å². The molecule has 0 amide bonds. The van der Waals surface area contributed by atoms with Crippen molar-refractivity contribution >= 4 is 0 Å². The number of nitrogens with zero attached hydrogens (tertiary/aromatic N) is 4. The van der Waals surface area contributed by atoms with Crippen molar-refractivity contribution in [3.8, 4) is 0 Å². The van der Waals surface area contributed by atoms with Crippen molar-refractivity contribution < 1.29 is 0 Å². The molecule has 1 aliphatic rings. The lowest BCUT2D eigenvalue weighted by Crippen LogP contribution is -2.15. The minimum atomic E-state index is 0.738. The molecule has 0 saturated heterocycles. The average Bonchev–Trinajstić information content (AvgIpc) is 3.03. The van der Waals surface area contributed by atoms with Crippen LogP contribution in [-0.2, 0) is 20.1 Å². The second kappa shape index (κ2) is 4.81. The number of aryl methyl sites for hydroxylation is 3. The minimum absolute atomic E-state index is 0.738. The number of nitrogens with one attached hydrogen (secondary N) is 1. The Labute approximate surface area is 113 Å². The van der Waals surface area contributed by atoms with Crippen LogP contribution in [0.5, 0.6) is 0 Å². The summed E-state index contributed by atoms with van der Waals surface area (Å²) in [5.74, 6) is 0. The van der Waals surface area contributed by atoms with Crippen LogP contribution < -0.4 is 5.32 Å². The van der Waals surface area contributed by atoms with Gasteiger partial charge < -0.3 is 5.32 Å². The van der Waals surface area contributed by atoms with Gasteiger partial charge in [0.05, 0.1) is 23.6 Å². The van der Waals surface area contributed by atoms with E-state index >= 15 is 0 Å². The molecule has 1 aliphatic carbocycles. The number of hydrogen-bond acceptors (Lipinski definition) is 3. The van der Waals surface area contributed by atoms with Crippen molar-refractivity contribution in [1.82, 2.24) is 24.9 Å². The molecule has 0 aliphatic heterocycles. The molecule has 0 aromatic carbocycles. The summed E-state index contributed by atoms with van der Waals surface area (Å²) in [4.78, 5) is 0. The molecular formula is C14H21N5. The van der Waals surface area contributed by atoms with Gasteiger partial charge in [-0.05, 0) is 32.8 Å². The van der Waals surface area contributed by atoms with E-state index in [-0.39, 0.29) is 0 Å². The van der Waals surface area contributed by atoms with Gasteiger partial charge in [-0.3, -0.25) is 9.36 Å². The van der Waals surface area contributed by atoms with Gasteiger partial charge in [-0.15, -0.1) is 0 Å². The van der Waals surface area contributed by atoms with Crippen LogP contribution in [0.3, 0.4) is 0 Å². The Morgan fingerprint density at radius 1 is 1.32 bits per heavy atom. The summed E-state index contributed by atoms with van der Waals surface area (Å²) >= 11 is 0. The van der Waals surface area contributed by atoms with Gasteiger partial charge in [0.2, 0.25) is 0 Å². The lowest BCUT2D eigenvalue weighted by Gasteiger charge is -2.02. The molecule has 19 heavy (non-hydrogen) atoms. The Morgan fingerprint density at radius 3 is 2.74 bits per heavy atom. The largest absolute Gasteiger partial charge is 0.310 e. The Bertz CT molecular complexity index is 577. The molecule has 0 atom stereocenters. The van der Waals surface area contributed by atoms with Crippen LogP contribution in [0.2, 0.25) is 0 Å². The maximum Gasteiger partial charge on any atom is 0.0828 e. The highest BCUT2D eigenvalue weighted by Gasteiger charge is 2.20. The highest BCUT2D eigenvalue weighted by atomic mass is 15.3. The Kier molecular flexibility index (Phi) is 3.14. The molecule has 3 rings (SSSR count). The van der Waals surface area contributed by atoms with Crippen LogP contribution in [0.1, 0.15) is 35.5 Å². The Morgan fingerprint density at radius 2 is 2.11 bits per heavy atom. The van der Waals surface area contributed by atoms with Gasteiger partial charge in [0.15, 0.2) is 0 Å². The van der Waals surface area contributed by atoms with Gasteiger partial charge in [-0.1, -0.05) is 0 Å². The summed E-state index contributed by atoms with van der Waals surface area (Å²) in [7, 11) is 1.98. The molecule has 0 radical (unpaired) electrons. The fraction of sp³-hybridized carbons (Fsp3) is 0.571. The third-order valence-electron chi connectivity index (χ3n) is 3.63. The lowest BCUT2D eigenvalue weighted by atomic mass is 10.2. The van der Waals surface area contributed by atoms with E-state index in [1.807, 2.05) is 23.3 Å².